The Labute approximate surface area is 71.0 Å². The molecule has 11 heavy (non-hydrogen) atoms. The lowest BCUT2D eigenvalue weighted by Gasteiger charge is -2.29. The van der Waals surface area contributed by atoms with Gasteiger partial charge in [0, 0.05) is 5.54 Å². The Morgan fingerprint density at radius 1 is 1.55 bits per heavy atom. The van der Waals surface area contributed by atoms with Crippen LogP contribution in [0, 0.1) is 5.92 Å². The summed E-state index contributed by atoms with van der Waals surface area (Å²) in [7, 11) is 0.450. The summed E-state index contributed by atoms with van der Waals surface area (Å²) in [5, 5.41) is 2.78. The standard InChI is InChI=1S/C7H17NO2Si/c1-5(2)7(3,4)8-6(9)10-11/h5H,1-4,11H3,(H,8,9). The molecule has 0 spiro atoms. The van der Waals surface area contributed by atoms with Crippen LogP contribution in [0.15, 0.2) is 0 Å². The quantitative estimate of drug-likeness (QED) is 0.618. The molecule has 0 aromatic carbocycles. The first-order chi connectivity index (χ1) is 4.90. The first-order valence-electron chi connectivity index (χ1n) is 3.76. The van der Waals surface area contributed by atoms with Crippen molar-refractivity contribution in [2.75, 3.05) is 0 Å². The third-order valence-corrected chi connectivity index (χ3v) is 2.42. The van der Waals surface area contributed by atoms with Crippen LogP contribution in [-0.4, -0.2) is 22.1 Å². The predicted molar refractivity (Wildman–Crippen MR) is 48.5 cm³/mol. The summed E-state index contributed by atoms with van der Waals surface area (Å²) in [5.41, 5.74) is -0.179. The van der Waals surface area contributed by atoms with Crippen LogP contribution in [0.2, 0.25) is 0 Å². The van der Waals surface area contributed by atoms with E-state index < -0.39 is 0 Å². The topological polar surface area (TPSA) is 38.3 Å². The first-order valence-corrected chi connectivity index (χ1v) is 4.58. The van der Waals surface area contributed by atoms with E-state index in [0.29, 0.717) is 16.4 Å². The van der Waals surface area contributed by atoms with Gasteiger partial charge in [-0.05, 0) is 19.8 Å². The second-order valence-corrected chi connectivity index (χ2v) is 3.90. The number of carbonyl (C=O) groups excluding carboxylic acids is 1. The highest BCUT2D eigenvalue weighted by Gasteiger charge is 2.24. The van der Waals surface area contributed by atoms with Crippen molar-refractivity contribution in [1.82, 2.24) is 5.32 Å². The molecule has 1 amide bonds. The van der Waals surface area contributed by atoms with Crippen LogP contribution in [0.5, 0.6) is 0 Å². The van der Waals surface area contributed by atoms with Crippen LogP contribution in [-0.2, 0) is 4.43 Å². The maximum absolute atomic E-state index is 10.8. The molecule has 66 valence electrons. The predicted octanol–water partition coefficient (Wildman–Crippen LogP) is 0.428. The van der Waals surface area contributed by atoms with Crippen molar-refractivity contribution < 1.29 is 9.22 Å². The van der Waals surface area contributed by atoms with Crippen molar-refractivity contribution in [2.45, 2.75) is 33.2 Å². The van der Waals surface area contributed by atoms with Gasteiger partial charge in [0.05, 0.1) is 0 Å². The Hall–Kier alpha value is -0.513. The smallest absolute Gasteiger partial charge is 0.393 e. The fourth-order valence-corrected chi connectivity index (χ4v) is 0.560. The van der Waals surface area contributed by atoms with Gasteiger partial charge in [0.15, 0.2) is 0 Å². The summed E-state index contributed by atoms with van der Waals surface area (Å²) >= 11 is 0. The molecule has 3 nitrogen and oxygen atoms in total. The van der Waals surface area contributed by atoms with Gasteiger partial charge in [-0.25, -0.2) is 4.79 Å². The van der Waals surface area contributed by atoms with Crippen LogP contribution >= 0.6 is 0 Å². The fourth-order valence-electron chi connectivity index (χ4n) is 0.458. The lowest BCUT2D eigenvalue weighted by Crippen LogP contribution is -2.47. The fraction of sp³-hybridized carbons (Fsp3) is 0.857. The number of carbonyl (C=O) groups is 1. The molecule has 0 unspecified atom stereocenters. The summed E-state index contributed by atoms with van der Waals surface area (Å²) in [6.45, 7) is 8.09. The summed E-state index contributed by atoms with van der Waals surface area (Å²) in [6, 6.07) is 0. The Kier molecular flexibility index (Phi) is 3.58. The van der Waals surface area contributed by atoms with Crippen LogP contribution < -0.4 is 5.32 Å². The minimum absolute atomic E-state index is 0.179. The molecular weight excluding hydrogens is 158 g/mol. The highest BCUT2D eigenvalue weighted by molar-refractivity contribution is 6.05. The lowest BCUT2D eigenvalue weighted by molar-refractivity contribution is 0.182. The number of amides is 1. The zero-order chi connectivity index (χ0) is 9.07. The molecule has 0 radical (unpaired) electrons. The molecule has 0 aliphatic carbocycles. The molecule has 1 N–H and O–H groups in total. The minimum Gasteiger partial charge on any atom is -0.513 e. The summed E-state index contributed by atoms with van der Waals surface area (Å²) in [4.78, 5) is 10.8. The maximum atomic E-state index is 10.8. The third-order valence-electron chi connectivity index (χ3n) is 2.05. The van der Waals surface area contributed by atoms with Crippen molar-refractivity contribution in [3.63, 3.8) is 0 Å². The van der Waals surface area contributed by atoms with Gasteiger partial charge >= 0.3 is 6.09 Å². The number of nitrogens with one attached hydrogen (secondary N) is 1. The molecule has 0 heterocycles. The Morgan fingerprint density at radius 3 is 2.27 bits per heavy atom. The van der Waals surface area contributed by atoms with Crippen molar-refractivity contribution >= 4 is 16.6 Å². The van der Waals surface area contributed by atoms with Gasteiger partial charge in [0.25, 0.3) is 0 Å². The van der Waals surface area contributed by atoms with E-state index in [1.165, 1.54) is 0 Å². The molecular formula is C7H17NO2Si. The van der Waals surface area contributed by atoms with E-state index in [-0.39, 0.29) is 11.6 Å². The average molecular weight is 175 g/mol. The van der Waals surface area contributed by atoms with Crippen molar-refractivity contribution in [2.24, 2.45) is 5.92 Å². The normalized spacial score (nSPS) is 11.7. The average Bonchev–Trinajstić information content (AvgIpc) is 1.86. The van der Waals surface area contributed by atoms with E-state index in [9.17, 15) is 4.79 Å². The van der Waals surface area contributed by atoms with Gasteiger partial charge in [0.1, 0.15) is 0 Å². The number of hydrogen-bond donors (Lipinski definition) is 1. The molecule has 0 fully saturated rings. The van der Waals surface area contributed by atoms with E-state index in [2.05, 4.69) is 23.6 Å². The molecule has 0 aliphatic heterocycles. The minimum atomic E-state index is -0.310. The maximum Gasteiger partial charge on any atom is 0.393 e. The SMILES string of the molecule is CC(C)C(C)(C)NC(=O)O[SiH3]. The molecule has 0 bridgehead atoms. The monoisotopic (exact) mass is 175 g/mol. The summed E-state index contributed by atoms with van der Waals surface area (Å²) < 4.78 is 4.63. The van der Waals surface area contributed by atoms with Gasteiger partial charge in [-0.1, -0.05) is 13.8 Å². The van der Waals surface area contributed by atoms with E-state index in [4.69, 9.17) is 0 Å². The van der Waals surface area contributed by atoms with Crippen molar-refractivity contribution in [1.29, 1.82) is 0 Å². The Morgan fingerprint density at radius 2 is 2.00 bits per heavy atom. The highest BCUT2D eigenvalue weighted by atomic mass is 28.2. The molecule has 0 saturated carbocycles. The van der Waals surface area contributed by atoms with Gasteiger partial charge in [-0.3, -0.25) is 0 Å². The van der Waals surface area contributed by atoms with Gasteiger partial charge in [-0.15, -0.1) is 0 Å². The molecule has 0 rings (SSSR count). The molecule has 0 saturated heterocycles. The van der Waals surface area contributed by atoms with Crippen LogP contribution in [0.1, 0.15) is 27.7 Å². The van der Waals surface area contributed by atoms with Gasteiger partial charge in [-0.2, -0.15) is 0 Å². The number of rotatable bonds is 2. The van der Waals surface area contributed by atoms with E-state index in [1.54, 1.807) is 0 Å². The van der Waals surface area contributed by atoms with Crippen LogP contribution in [0.25, 0.3) is 0 Å². The molecule has 0 aromatic heterocycles. The second-order valence-electron chi connectivity index (χ2n) is 3.49. The Balaban J connectivity index is 4.01. The van der Waals surface area contributed by atoms with E-state index >= 15 is 0 Å². The highest BCUT2D eigenvalue weighted by Crippen LogP contribution is 2.14. The first kappa shape index (κ1) is 10.5. The van der Waals surface area contributed by atoms with Gasteiger partial charge < -0.3 is 9.74 Å². The zero-order valence-electron chi connectivity index (χ0n) is 7.89. The largest absolute Gasteiger partial charge is 0.513 e. The molecule has 0 aliphatic rings. The third kappa shape index (κ3) is 3.41. The van der Waals surface area contributed by atoms with Crippen LogP contribution in [0.3, 0.4) is 0 Å². The van der Waals surface area contributed by atoms with Crippen molar-refractivity contribution in [3.05, 3.63) is 0 Å². The lowest BCUT2D eigenvalue weighted by atomic mass is 9.91. The molecule has 0 aromatic rings. The number of hydrogen-bond acceptors (Lipinski definition) is 2. The Bertz CT molecular complexity index is 145. The second kappa shape index (κ2) is 3.76. The van der Waals surface area contributed by atoms with E-state index in [0.717, 1.165) is 0 Å². The van der Waals surface area contributed by atoms with Crippen molar-refractivity contribution in [3.8, 4) is 0 Å². The summed E-state index contributed by atoms with van der Waals surface area (Å²) in [5.74, 6) is 0.406. The summed E-state index contributed by atoms with van der Waals surface area (Å²) in [6.07, 6.45) is -0.310. The van der Waals surface area contributed by atoms with Gasteiger partial charge in [0.2, 0.25) is 10.5 Å². The molecule has 4 heteroatoms. The molecule has 0 atom stereocenters. The zero-order valence-corrected chi connectivity index (χ0v) is 9.89. The van der Waals surface area contributed by atoms with E-state index in [1.807, 2.05) is 13.8 Å². The van der Waals surface area contributed by atoms with Crippen LogP contribution in [0.4, 0.5) is 4.79 Å².